The number of fused-ring (bicyclic) bond motifs is 2. The minimum absolute atomic E-state index is 0.617. The van der Waals surface area contributed by atoms with Crippen LogP contribution in [0.2, 0.25) is 0 Å². The number of hydrogen-bond acceptors (Lipinski definition) is 7. The molecule has 0 aromatic carbocycles. The van der Waals surface area contributed by atoms with E-state index in [1.165, 1.54) is 12.8 Å². The Hall–Kier alpha value is -4.89. The Bertz CT molecular complexity index is 1770. The van der Waals surface area contributed by atoms with Crippen molar-refractivity contribution in [3.63, 3.8) is 0 Å². The number of aromatic nitrogens is 7. The van der Waals surface area contributed by atoms with Crippen LogP contribution in [0.4, 0.5) is 0 Å². The average molecular weight is 544 g/mol. The van der Waals surface area contributed by atoms with E-state index in [-0.39, 0.29) is 0 Å². The number of allylic oxidation sites excluding steroid dienone is 5. The molecule has 1 aliphatic rings. The van der Waals surface area contributed by atoms with Crippen molar-refractivity contribution in [2.75, 3.05) is 13.1 Å². The van der Waals surface area contributed by atoms with Crippen molar-refractivity contribution in [3.8, 4) is 22.8 Å². The summed E-state index contributed by atoms with van der Waals surface area (Å²) in [6, 6.07) is 7.88. The Labute approximate surface area is 238 Å². The van der Waals surface area contributed by atoms with Crippen LogP contribution in [-0.4, -0.2) is 48.2 Å². The number of imidazole rings is 1. The van der Waals surface area contributed by atoms with Gasteiger partial charge in [0.05, 0.1) is 16.6 Å². The van der Waals surface area contributed by atoms with Gasteiger partial charge < -0.3 is 15.6 Å². The molecule has 1 fully saturated rings. The molecular formula is C32H33N9. The van der Waals surface area contributed by atoms with E-state index in [0.717, 1.165) is 75.4 Å². The van der Waals surface area contributed by atoms with Gasteiger partial charge in [-0.25, -0.2) is 9.97 Å². The molecule has 1 aliphatic heterocycles. The summed E-state index contributed by atoms with van der Waals surface area (Å²) >= 11 is 0. The van der Waals surface area contributed by atoms with Gasteiger partial charge in [-0.1, -0.05) is 19.2 Å². The molecule has 206 valence electrons. The van der Waals surface area contributed by atoms with Crippen molar-refractivity contribution in [1.82, 2.24) is 45.8 Å². The van der Waals surface area contributed by atoms with Gasteiger partial charge in [0.1, 0.15) is 11.2 Å². The monoisotopic (exact) mass is 543 g/mol. The molecule has 4 N–H and O–H groups in total. The minimum atomic E-state index is 0.617. The topological polar surface area (TPSA) is 120 Å². The van der Waals surface area contributed by atoms with Gasteiger partial charge in [-0.05, 0) is 87.2 Å². The second kappa shape index (κ2) is 11.7. The number of rotatable bonds is 9. The molecule has 0 saturated carbocycles. The summed E-state index contributed by atoms with van der Waals surface area (Å²) in [4.78, 5) is 21.8. The number of pyridine rings is 3. The fourth-order valence-corrected chi connectivity index (χ4v) is 5.34. The molecule has 0 unspecified atom stereocenters. The highest BCUT2D eigenvalue weighted by atomic mass is 15.2. The maximum Gasteiger partial charge on any atom is 0.181 e. The highest BCUT2D eigenvalue weighted by Crippen LogP contribution is 2.31. The summed E-state index contributed by atoms with van der Waals surface area (Å²) in [5.41, 5.74) is 8.59. The van der Waals surface area contributed by atoms with Crippen molar-refractivity contribution in [2.24, 2.45) is 5.92 Å². The van der Waals surface area contributed by atoms with E-state index in [4.69, 9.17) is 4.98 Å². The van der Waals surface area contributed by atoms with E-state index in [2.05, 4.69) is 72.1 Å². The molecule has 0 amide bonds. The van der Waals surface area contributed by atoms with Crippen LogP contribution in [0.15, 0.2) is 91.8 Å². The first-order valence-corrected chi connectivity index (χ1v) is 13.9. The van der Waals surface area contributed by atoms with Crippen LogP contribution in [-0.2, 0) is 0 Å². The molecule has 5 aromatic heterocycles. The Balaban J connectivity index is 1.30. The molecule has 41 heavy (non-hydrogen) atoms. The third-order valence-electron chi connectivity index (χ3n) is 7.47. The van der Waals surface area contributed by atoms with Gasteiger partial charge in [-0.15, -0.1) is 0 Å². The zero-order valence-corrected chi connectivity index (χ0v) is 23.1. The maximum atomic E-state index is 4.91. The Morgan fingerprint density at radius 2 is 2.02 bits per heavy atom. The van der Waals surface area contributed by atoms with Crippen molar-refractivity contribution >= 4 is 27.6 Å². The van der Waals surface area contributed by atoms with E-state index < -0.39 is 0 Å². The number of hydrogen-bond donors (Lipinski definition) is 4. The molecule has 0 aliphatic carbocycles. The van der Waals surface area contributed by atoms with E-state index in [0.29, 0.717) is 17.4 Å². The number of nitrogens with one attached hydrogen (secondary N) is 4. The van der Waals surface area contributed by atoms with Gasteiger partial charge in [0.2, 0.25) is 0 Å². The molecule has 9 heteroatoms. The molecule has 0 spiro atoms. The predicted molar refractivity (Wildman–Crippen MR) is 164 cm³/mol. The fraction of sp³-hybridized carbons (Fsp3) is 0.219. The molecule has 5 aromatic rings. The SMILES string of the molecule is C=C/C(=C\C(=C/C)c1cnc2n[nH]c(-c3nc4c(-c5cccnc5)nccc4[nH]3)c2c1)NC(=C)CC1CCNCC1. The van der Waals surface area contributed by atoms with Crippen LogP contribution >= 0.6 is 0 Å². The quantitative estimate of drug-likeness (QED) is 0.170. The van der Waals surface area contributed by atoms with Crippen molar-refractivity contribution < 1.29 is 0 Å². The summed E-state index contributed by atoms with van der Waals surface area (Å²) in [5, 5.41) is 15.3. The van der Waals surface area contributed by atoms with E-state index >= 15 is 0 Å². The summed E-state index contributed by atoms with van der Waals surface area (Å²) in [6.07, 6.45) is 16.4. The average Bonchev–Trinajstić information content (AvgIpc) is 3.64. The lowest BCUT2D eigenvalue weighted by molar-refractivity contribution is 0.368. The molecule has 6 heterocycles. The fourth-order valence-electron chi connectivity index (χ4n) is 5.34. The second-order valence-corrected chi connectivity index (χ2v) is 10.3. The van der Waals surface area contributed by atoms with Crippen LogP contribution in [0.25, 0.3) is 50.4 Å². The zero-order valence-electron chi connectivity index (χ0n) is 23.1. The first kappa shape index (κ1) is 26.3. The van der Waals surface area contributed by atoms with Crippen molar-refractivity contribution in [3.05, 3.63) is 97.4 Å². The van der Waals surface area contributed by atoms with Crippen molar-refractivity contribution in [2.45, 2.75) is 26.2 Å². The Morgan fingerprint density at radius 3 is 2.80 bits per heavy atom. The molecule has 0 radical (unpaired) electrons. The van der Waals surface area contributed by atoms with Crippen LogP contribution in [0.1, 0.15) is 31.7 Å². The summed E-state index contributed by atoms with van der Waals surface area (Å²) < 4.78 is 0. The van der Waals surface area contributed by atoms with E-state index in [1.54, 1.807) is 18.6 Å². The van der Waals surface area contributed by atoms with Gasteiger partial charge >= 0.3 is 0 Å². The van der Waals surface area contributed by atoms with Crippen molar-refractivity contribution in [1.29, 1.82) is 0 Å². The minimum Gasteiger partial charge on any atom is -0.359 e. The lowest BCUT2D eigenvalue weighted by atomic mass is 9.93. The smallest absolute Gasteiger partial charge is 0.181 e. The second-order valence-electron chi connectivity index (χ2n) is 10.3. The third kappa shape index (κ3) is 5.57. The molecular weight excluding hydrogens is 510 g/mol. The number of aromatic amines is 2. The first-order valence-electron chi connectivity index (χ1n) is 13.9. The molecule has 9 nitrogen and oxygen atoms in total. The van der Waals surface area contributed by atoms with Gasteiger partial charge in [0.25, 0.3) is 0 Å². The largest absolute Gasteiger partial charge is 0.359 e. The highest BCUT2D eigenvalue weighted by molar-refractivity contribution is 5.96. The molecule has 1 saturated heterocycles. The zero-order chi connectivity index (χ0) is 28.2. The number of nitrogens with zero attached hydrogens (tertiary/aromatic N) is 5. The number of H-pyrrole nitrogens is 2. The first-order chi connectivity index (χ1) is 20.1. The van der Waals surface area contributed by atoms with Gasteiger partial charge in [-0.2, -0.15) is 5.10 Å². The third-order valence-corrected chi connectivity index (χ3v) is 7.47. The lowest BCUT2D eigenvalue weighted by Gasteiger charge is -2.24. The van der Waals surface area contributed by atoms with Gasteiger partial charge in [0.15, 0.2) is 11.5 Å². The summed E-state index contributed by atoms with van der Waals surface area (Å²) in [7, 11) is 0. The van der Waals surface area contributed by atoms with E-state index in [9.17, 15) is 0 Å². The highest BCUT2D eigenvalue weighted by Gasteiger charge is 2.17. The standard InChI is InChI=1S/C32H33N9/c1-4-22(16-25(5-2)37-20(3)15-21-8-12-33-13-9-21)24-17-26-29(40-41-31(26)36-19-24)32-38-27-10-14-35-28(30(27)39-32)23-7-6-11-34-18-23/h4-7,10-11,14,16-19,21,33,37H,2-3,8-9,12-13,15H2,1H3,(H,38,39)(H,36,40,41)/b22-4+,25-16+. The predicted octanol–water partition coefficient (Wildman–Crippen LogP) is 5.92. The Morgan fingerprint density at radius 1 is 1.15 bits per heavy atom. The lowest BCUT2D eigenvalue weighted by Crippen LogP contribution is -2.28. The van der Waals surface area contributed by atoms with Crippen LogP contribution < -0.4 is 10.6 Å². The summed E-state index contributed by atoms with van der Waals surface area (Å²) in [6.45, 7) is 12.5. The number of piperidine rings is 1. The van der Waals surface area contributed by atoms with Gasteiger partial charge in [-0.3, -0.25) is 15.1 Å². The maximum absolute atomic E-state index is 4.91. The normalized spacial score (nSPS) is 15.0. The van der Waals surface area contributed by atoms with Gasteiger partial charge in [0, 0.05) is 47.3 Å². The molecule has 0 bridgehead atoms. The summed E-state index contributed by atoms with van der Waals surface area (Å²) in [5.74, 6) is 1.32. The molecule has 6 rings (SSSR count). The molecule has 0 atom stereocenters. The van der Waals surface area contributed by atoms with Crippen LogP contribution in [0.5, 0.6) is 0 Å². The Kier molecular flexibility index (Phi) is 7.51. The van der Waals surface area contributed by atoms with Crippen LogP contribution in [0.3, 0.4) is 0 Å². The van der Waals surface area contributed by atoms with Crippen LogP contribution in [0, 0.1) is 5.92 Å². The van der Waals surface area contributed by atoms with E-state index in [1.807, 2.05) is 37.4 Å².